The van der Waals surface area contributed by atoms with Crippen molar-refractivity contribution in [2.45, 2.75) is 19.5 Å². The molecule has 1 aromatic carbocycles. The Kier molecular flexibility index (Phi) is 4.27. The molecule has 1 rings (SSSR count). The summed E-state index contributed by atoms with van der Waals surface area (Å²) < 4.78 is 0. The molecule has 0 fully saturated rings. The summed E-state index contributed by atoms with van der Waals surface area (Å²) in [7, 11) is 0. The first-order valence-corrected chi connectivity index (χ1v) is 4.83. The van der Waals surface area contributed by atoms with Gasteiger partial charge in [0.1, 0.15) is 6.04 Å². The van der Waals surface area contributed by atoms with Crippen molar-refractivity contribution in [1.29, 1.82) is 0 Å². The lowest BCUT2D eigenvalue weighted by Crippen LogP contribution is -2.42. The van der Waals surface area contributed by atoms with Gasteiger partial charge in [-0.3, -0.25) is 4.79 Å². The Bertz CT molecular complexity index is 339. The molecular formula is C11H16N2O2. The van der Waals surface area contributed by atoms with Crippen molar-refractivity contribution in [2.75, 3.05) is 6.61 Å². The van der Waals surface area contributed by atoms with Crippen LogP contribution in [0.5, 0.6) is 0 Å². The average molecular weight is 208 g/mol. The van der Waals surface area contributed by atoms with Gasteiger partial charge in [0.25, 0.3) is 0 Å². The molecule has 1 amide bonds. The van der Waals surface area contributed by atoms with Gasteiger partial charge in [0, 0.05) is 6.54 Å². The molecular weight excluding hydrogens is 192 g/mol. The molecule has 0 aliphatic heterocycles. The number of hydrogen-bond donors (Lipinski definition) is 3. The van der Waals surface area contributed by atoms with Crippen LogP contribution in [0.3, 0.4) is 0 Å². The Morgan fingerprint density at radius 1 is 1.60 bits per heavy atom. The second-order valence-corrected chi connectivity index (χ2v) is 3.50. The van der Waals surface area contributed by atoms with E-state index in [0.29, 0.717) is 6.54 Å². The number of carbonyl (C=O) groups is 1. The van der Waals surface area contributed by atoms with Gasteiger partial charge in [-0.2, -0.15) is 0 Å². The highest BCUT2D eigenvalue weighted by Gasteiger charge is 2.10. The Morgan fingerprint density at radius 3 is 2.93 bits per heavy atom. The fourth-order valence-electron chi connectivity index (χ4n) is 1.23. The van der Waals surface area contributed by atoms with E-state index in [1.54, 1.807) is 0 Å². The quantitative estimate of drug-likeness (QED) is 0.648. The van der Waals surface area contributed by atoms with Gasteiger partial charge in [0.15, 0.2) is 0 Å². The summed E-state index contributed by atoms with van der Waals surface area (Å²) in [6.45, 7) is 2.10. The van der Waals surface area contributed by atoms with Crippen LogP contribution in [0.2, 0.25) is 0 Å². The van der Waals surface area contributed by atoms with Gasteiger partial charge in [0.05, 0.1) is 6.61 Å². The van der Waals surface area contributed by atoms with Crippen LogP contribution in [0.25, 0.3) is 0 Å². The summed E-state index contributed by atoms with van der Waals surface area (Å²) in [6.07, 6.45) is 0. The number of carbonyl (C=O) groups excluding carboxylic acids is 1. The smallest absolute Gasteiger partial charge is 0.239 e. The standard InChI is InChI=1S/C11H16N2O2/c1-8-3-2-4-9(5-8)6-13-11(15)10(12)7-14/h2-5,10,14H,6-7,12H2,1H3,(H,13,15). The maximum atomic E-state index is 11.2. The molecule has 0 spiro atoms. The second kappa shape index (κ2) is 5.48. The SMILES string of the molecule is Cc1cccc(CNC(=O)C(N)CO)c1. The maximum Gasteiger partial charge on any atom is 0.239 e. The molecule has 15 heavy (non-hydrogen) atoms. The third-order valence-electron chi connectivity index (χ3n) is 2.08. The van der Waals surface area contributed by atoms with Gasteiger partial charge in [-0.25, -0.2) is 0 Å². The van der Waals surface area contributed by atoms with Crippen LogP contribution in [-0.4, -0.2) is 23.7 Å². The van der Waals surface area contributed by atoms with Crippen LogP contribution in [0.15, 0.2) is 24.3 Å². The number of amides is 1. The summed E-state index contributed by atoms with van der Waals surface area (Å²) >= 11 is 0. The van der Waals surface area contributed by atoms with Crippen molar-refractivity contribution < 1.29 is 9.90 Å². The molecule has 82 valence electrons. The molecule has 1 aromatic rings. The topological polar surface area (TPSA) is 75.4 Å². The molecule has 1 unspecified atom stereocenters. The highest BCUT2D eigenvalue weighted by atomic mass is 16.3. The van der Waals surface area contributed by atoms with E-state index in [1.165, 1.54) is 0 Å². The minimum Gasteiger partial charge on any atom is -0.394 e. The monoisotopic (exact) mass is 208 g/mol. The van der Waals surface area contributed by atoms with Gasteiger partial charge in [-0.05, 0) is 12.5 Å². The van der Waals surface area contributed by atoms with E-state index in [2.05, 4.69) is 5.32 Å². The van der Waals surface area contributed by atoms with E-state index in [9.17, 15) is 4.79 Å². The number of nitrogens with one attached hydrogen (secondary N) is 1. The van der Waals surface area contributed by atoms with Crippen LogP contribution in [0.1, 0.15) is 11.1 Å². The summed E-state index contributed by atoms with van der Waals surface area (Å²) in [5, 5.41) is 11.3. The Balaban J connectivity index is 2.47. The largest absolute Gasteiger partial charge is 0.394 e. The Morgan fingerprint density at radius 2 is 2.33 bits per heavy atom. The van der Waals surface area contributed by atoms with Crippen LogP contribution in [0, 0.1) is 6.92 Å². The normalized spacial score (nSPS) is 12.2. The molecule has 0 aliphatic carbocycles. The zero-order valence-electron chi connectivity index (χ0n) is 8.73. The molecule has 0 aromatic heterocycles. The van der Waals surface area contributed by atoms with Gasteiger partial charge in [-0.1, -0.05) is 29.8 Å². The van der Waals surface area contributed by atoms with Crippen molar-refractivity contribution in [3.8, 4) is 0 Å². The number of aryl methyl sites for hydroxylation is 1. The van der Waals surface area contributed by atoms with E-state index in [4.69, 9.17) is 10.8 Å². The summed E-state index contributed by atoms with van der Waals surface area (Å²) in [6, 6.07) is 7.01. The molecule has 0 aliphatic rings. The van der Waals surface area contributed by atoms with Crippen LogP contribution in [0.4, 0.5) is 0 Å². The van der Waals surface area contributed by atoms with Crippen molar-refractivity contribution in [3.05, 3.63) is 35.4 Å². The van der Waals surface area contributed by atoms with Crippen LogP contribution in [-0.2, 0) is 11.3 Å². The van der Waals surface area contributed by atoms with E-state index in [0.717, 1.165) is 11.1 Å². The molecule has 4 heteroatoms. The first kappa shape index (κ1) is 11.7. The molecule has 0 heterocycles. The highest BCUT2D eigenvalue weighted by molar-refractivity contribution is 5.81. The first-order valence-electron chi connectivity index (χ1n) is 4.83. The van der Waals surface area contributed by atoms with Crippen LogP contribution < -0.4 is 11.1 Å². The van der Waals surface area contributed by atoms with Crippen molar-refractivity contribution in [3.63, 3.8) is 0 Å². The summed E-state index contributed by atoms with van der Waals surface area (Å²) in [4.78, 5) is 11.2. The van der Waals surface area contributed by atoms with E-state index in [-0.39, 0.29) is 12.5 Å². The number of nitrogens with two attached hydrogens (primary N) is 1. The van der Waals surface area contributed by atoms with E-state index < -0.39 is 6.04 Å². The zero-order chi connectivity index (χ0) is 11.3. The van der Waals surface area contributed by atoms with E-state index in [1.807, 2.05) is 31.2 Å². The molecule has 1 atom stereocenters. The second-order valence-electron chi connectivity index (χ2n) is 3.50. The lowest BCUT2D eigenvalue weighted by atomic mass is 10.1. The minimum atomic E-state index is -0.838. The average Bonchev–Trinajstić information content (AvgIpc) is 2.25. The highest BCUT2D eigenvalue weighted by Crippen LogP contribution is 2.03. The van der Waals surface area contributed by atoms with Crippen LogP contribution >= 0.6 is 0 Å². The minimum absolute atomic E-state index is 0.334. The van der Waals surface area contributed by atoms with Crippen molar-refractivity contribution >= 4 is 5.91 Å². The lowest BCUT2D eigenvalue weighted by Gasteiger charge is -2.09. The van der Waals surface area contributed by atoms with Crippen molar-refractivity contribution in [2.24, 2.45) is 5.73 Å². The number of aliphatic hydroxyl groups excluding tert-OH is 1. The third-order valence-corrected chi connectivity index (χ3v) is 2.08. The predicted molar refractivity (Wildman–Crippen MR) is 58.1 cm³/mol. The van der Waals surface area contributed by atoms with Crippen molar-refractivity contribution in [1.82, 2.24) is 5.32 Å². The number of benzene rings is 1. The van der Waals surface area contributed by atoms with E-state index >= 15 is 0 Å². The number of hydrogen-bond acceptors (Lipinski definition) is 3. The maximum absolute atomic E-state index is 11.2. The number of rotatable bonds is 4. The van der Waals surface area contributed by atoms with Gasteiger partial charge in [0.2, 0.25) is 5.91 Å². The number of aliphatic hydroxyl groups is 1. The molecule has 0 saturated carbocycles. The molecule has 0 bridgehead atoms. The fraction of sp³-hybridized carbons (Fsp3) is 0.364. The molecule has 4 N–H and O–H groups in total. The molecule has 4 nitrogen and oxygen atoms in total. The predicted octanol–water partition coefficient (Wildman–Crippen LogP) is -0.0692. The molecule has 0 radical (unpaired) electrons. The van der Waals surface area contributed by atoms with Gasteiger partial charge >= 0.3 is 0 Å². The Labute approximate surface area is 89.1 Å². The summed E-state index contributed by atoms with van der Waals surface area (Å²) in [5.74, 6) is -0.334. The molecule has 0 saturated heterocycles. The first-order chi connectivity index (χ1) is 7.13. The van der Waals surface area contributed by atoms with Gasteiger partial charge < -0.3 is 16.2 Å². The summed E-state index contributed by atoms with van der Waals surface area (Å²) in [5.41, 5.74) is 7.52. The fourth-order valence-corrected chi connectivity index (χ4v) is 1.23. The Hall–Kier alpha value is -1.39. The van der Waals surface area contributed by atoms with Gasteiger partial charge in [-0.15, -0.1) is 0 Å². The lowest BCUT2D eigenvalue weighted by molar-refractivity contribution is -0.123. The third kappa shape index (κ3) is 3.69. The zero-order valence-corrected chi connectivity index (χ0v) is 8.73.